The SMILES string of the molecule is O=C(Cc1ccc(F)cc1)N1CCC2(CC1)SCCN2C(=O)c1ccc(Br)cc1. The first-order valence-corrected chi connectivity index (χ1v) is 11.5. The Morgan fingerprint density at radius 2 is 1.66 bits per heavy atom. The summed E-state index contributed by atoms with van der Waals surface area (Å²) in [5.41, 5.74) is 1.52. The zero-order valence-corrected chi connectivity index (χ0v) is 18.3. The van der Waals surface area contributed by atoms with Gasteiger partial charge in [0.2, 0.25) is 5.91 Å². The fourth-order valence-corrected chi connectivity index (χ4v) is 5.77. The molecule has 0 radical (unpaired) electrons. The number of piperidine rings is 1. The molecule has 0 aliphatic carbocycles. The van der Waals surface area contributed by atoms with Crippen LogP contribution in [0.2, 0.25) is 0 Å². The third kappa shape index (κ3) is 4.36. The van der Waals surface area contributed by atoms with Crippen molar-refractivity contribution in [2.24, 2.45) is 0 Å². The number of nitrogens with zero attached hydrogens (tertiary/aromatic N) is 2. The predicted octanol–water partition coefficient (Wildman–Crippen LogP) is 4.34. The summed E-state index contributed by atoms with van der Waals surface area (Å²) < 4.78 is 14.0. The fourth-order valence-electron chi connectivity index (χ4n) is 4.05. The molecule has 2 fully saturated rings. The van der Waals surface area contributed by atoms with Crippen LogP contribution >= 0.6 is 27.7 Å². The van der Waals surface area contributed by atoms with Crippen LogP contribution in [0.4, 0.5) is 4.39 Å². The molecule has 2 amide bonds. The van der Waals surface area contributed by atoms with E-state index in [0.717, 1.165) is 35.2 Å². The van der Waals surface area contributed by atoms with Gasteiger partial charge in [-0.1, -0.05) is 28.1 Å². The van der Waals surface area contributed by atoms with Crippen LogP contribution in [0.1, 0.15) is 28.8 Å². The summed E-state index contributed by atoms with van der Waals surface area (Å²) >= 11 is 5.25. The van der Waals surface area contributed by atoms with Crippen LogP contribution in [0.25, 0.3) is 0 Å². The van der Waals surface area contributed by atoms with E-state index in [1.54, 1.807) is 12.1 Å². The van der Waals surface area contributed by atoms with Crippen LogP contribution in [0, 0.1) is 5.82 Å². The Labute approximate surface area is 182 Å². The molecule has 2 aliphatic rings. The Bertz CT molecular complexity index is 896. The summed E-state index contributed by atoms with van der Waals surface area (Å²) in [6.45, 7) is 2.01. The summed E-state index contributed by atoms with van der Waals surface area (Å²) in [6, 6.07) is 13.6. The molecule has 7 heteroatoms. The van der Waals surface area contributed by atoms with Crippen LogP contribution in [-0.4, -0.2) is 51.9 Å². The molecule has 2 aliphatic heterocycles. The number of amides is 2. The lowest BCUT2D eigenvalue weighted by molar-refractivity contribution is -0.132. The first-order chi connectivity index (χ1) is 14.0. The van der Waals surface area contributed by atoms with Gasteiger partial charge in [-0.2, -0.15) is 0 Å². The lowest BCUT2D eigenvalue weighted by Crippen LogP contribution is -2.53. The first kappa shape index (κ1) is 20.4. The van der Waals surface area contributed by atoms with E-state index < -0.39 is 0 Å². The molecule has 0 N–H and O–H groups in total. The van der Waals surface area contributed by atoms with Crippen molar-refractivity contribution in [1.82, 2.24) is 9.80 Å². The number of thioether (sulfide) groups is 1. The predicted molar refractivity (Wildman–Crippen MR) is 116 cm³/mol. The van der Waals surface area contributed by atoms with Gasteiger partial charge in [-0.05, 0) is 54.8 Å². The van der Waals surface area contributed by atoms with Crippen molar-refractivity contribution < 1.29 is 14.0 Å². The van der Waals surface area contributed by atoms with Gasteiger partial charge < -0.3 is 9.80 Å². The summed E-state index contributed by atoms with van der Waals surface area (Å²) in [7, 11) is 0. The third-order valence-corrected chi connectivity index (χ3v) is 7.76. The molecule has 0 saturated carbocycles. The summed E-state index contributed by atoms with van der Waals surface area (Å²) in [5.74, 6) is 0.745. The number of halogens is 2. The number of rotatable bonds is 3. The molecule has 0 aromatic heterocycles. The topological polar surface area (TPSA) is 40.6 Å². The maximum atomic E-state index is 13.1. The van der Waals surface area contributed by atoms with Gasteiger partial charge in [0.15, 0.2) is 0 Å². The van der Waals surface area contributed by atoms with Crippen LogP contribution in [0.15, 0.2) is 53.0 Å². The van der Waals surface area contributed by atoms with Gasteiger partial charge in [0.1, 0.15) is 5.82 Å². The number of hydrogen-bond acceptors (Lipinski definition) is 3. The fraction of sp³-hybridized carbons (Fsp3) is 0.364. The second-order valence-corrected chi connectivity index (χ2v) is 9.81. The molecule has 2 aromatic rings. The zero-order valence-electron chi connectivity index (χ0n) is 15.9. The van der Waals surface area contributed by atoms with Gasteiger partial charge in [-0.3, -0.25) is 9.59 Å². The van der Waals surface area contributed by atoms with Gasteiger partial charge in [0, 0.05) is 35.4 Å². The summed E-state index contributed by atoms with van der Waals surface area (Å²) in [6.07, 6.45) is 1.83. The number of hydrogen-bond donors (Lipinski definition) is 0. The van der Waals surface area contributed by atoms with E-state index in [1.165, 1.54) is 12.1 Å². The van der Waals surface area contributed by atoms with Crippen molar-refractivity contribution in [3.8, 4) is 0 Å². The van der Waals surface area contributed by atoms with E-state index >= 15 is 0 Å². The maximum Gasteiger partial charge on any atom is 0.254 e. The van der Waals surface area contributed by atoms with Crippen molar-refractivity contribution in [2.45, 2.75) is 24.1 Å². The van der Waals surface area contributed by atoms with E-state index in [9.17, 15) is 14.0 Å². The van der Waals surface area contributed by atoms with Gasteiger partial charge in [-0.15, -0.1) is 11.8 Å². The molecule has 0 unspecified atom stereocenters. The Kier molecular flexibility index (Phi) is 5.97. The lowest BCUT2D eigenvalue weighted by atomic mass is 10.00. The molecular formula is C22H22BrFN2O2S. The molecule has 2 saturated heterocycles. The Morgan fingerprint density at radius 1 is 1.00 bits per heavy atom. The van der Waals surface area contributed by atoms with Crippen molar-refractivity contribution in [3.05, 3.63) is 69.9 Å². The van der Waals surface area contributed by atoms with Crippen LogP contribution < -0.4 is 0 Å². The summed E-state index contributed by atoms with van der Waals surface area (Å²) in [4.78, 5) is 29.4. The molecule has 0 atom stereocenters. The van der Waals surface area contributed by atoms with E-state index in [2.05, 4.69) is 15.9 Å². The molecule has 2 heterocycles. The minimum absolute atomic E-state index is 0.0558. The van der Waals surface area contributed by atoms with Crippen LogP contribution in [-0.2, 0) is 11.2 Å². The van der Waals surface area contributed by atoms with Gasteiger partial charge in [0.25, 0.3) is 5.91 Å². The first-order valence-electron chi connectivity index (χ1n) is 9.71. The van der Waals surface area contributed by atoms with Crippen molar-refractivity contribution in [1.29, 1.82) is 0 Å². The third-order valence-electron chi connectivity index (χ3n) is 5.68. The second-order valence-electron chi connectivity index (χ2n) is 7.44. The highest BCUT2D eigenvalue weighted by Crippen LogP contribution is 2.44. The molecule has 4 nitrogen and oxygen atoms in total. The highest BCUT2D eigenvalue weighted by Gasteiger charge is 2.47. The standard InChI is InChI=1S/C22H22BrFN2O2S/c23-18-5-3-17(4-6-18)21(28)26-13-14-29-22(26)9-11-25(12-10-22)20(27)15-16-1-7-19(24)8-2-16/h1-8H,9-15H2. The van der Waals surface area contributed by atoms with Crippen LogP contribution in [0.3, 0.4) is 0 Å². The summed E-state index contributed by atoms with van der Waals surface area (Å²) in [5, 5.41) is 0. The Morgan fingerprint density at radius 3 is 2.31 bits per heavy atom. The lowest BCUT2D eigenvalue weighted by Gasteiger charge is -2.44. The quantitative estimate of drug-likeness (QED) is 0.661. The van der Waals surface area contributed by atoms with Gasteiger partial charge in [-0.25, -0.2) is 4.39 Å². The molecule has 0 bridgehead atoms. The van der Waals surface area contributed by atoms with Crippen LogP contribution in [0.5, 0.6) is 0 Å². The minimum atomic E-state index is -0.296. The Hall–Kier alpha value is -1.86. The average molecular weight is 477 g/mol. The molecule has 2 aromatic carbocycles. The smallest absolute Gasteiger partial charge is 0.254 e. The number of benzene rings is 2. The molecule has 29 heavy (non-hydrogen) atoms. The van der Waals surface area contributed by atoms with E-state index in [1.807, 2.05) is 45.8 Å². The molecule has 152 valence electrons. The van der Waals surface area contributed by atoms with E-state index in [-0.39, 0.29) is 28.9 Å². The number of likely N-dealkylation sites (tertiary alicyclic amines) is 1. The van der Waals surface area contributed by atoms with Crippen molar-refractivity contribution in [2.75, 3.05) is 25.4 Å². The van der Waals surface area contributed by atoms with E-state index in [0.29, 0.717) is 18.7 Å². The maximum absolute atomic E-state index is 13.1. The average Bonchev–Trinajstić information content (AvgIpc) is 3.13. The molecule has 4 rings (SSSR count). The highest BCUT2D eigenvalue weighted by molar-refractivity contribution is 9.10. The minimum Gasteiger partial charge on any atom is -0.342 e. The van der Waals surface area contributed by atoms with Gasteiger partial charge in [0.05, 0.1) is 11.3 Å². The Balaban J connectivity index is 1.40. The van der Waals surface area contributed by atoms with Crippen molar-refractivity contribution in [3.63, 3.8) is 0 Å². The molecule has 1 spiro atoms. The van der Waals surface area contributed by atoms with E-state index in [4.69, 9.17) is 0 Å². The van der Waals surface area contributed by atoms with Gasteiger partial charge >= 0.3 is 0 Å². The highest BCUT2D eigenvalue weighted by atomic mass is 79.9. The normalized spacial score (nSPS) is 18.3. The van der Waals surface area contributed by atoms with Crippen molar-refractivity contribution >= 4 is 39.5 Å². The largest absolute Gasteiger partial charge is 0.342 e. The second kappa shape index (κ2) is 8.48. The number of carbonyl (C=O) groups excluding carboxylic acids is 2. The molecular weight excluding hydrogens is 455 g/mol. The zero-order chi connectivity index (χ0) is 20.4. The monoisotopic (exact) mass is 476 g/mol. The number of carbonyl (C=O) groups is 2.